The molecule has 2 aliphatic rings. The first-order valence-corrected chi connectivity index (χ1v) is 10.6. The van der Waals surface area contributed by atoms with Crippen LogP contribution >= 0.6 is 0 Å². The molecule has 1 saturated heterocycles. The third-order valence-electron chi connectivity index (χ3n) is 4.49. The third-order valence-corrected chi connectivity index (χ3v) is 4.49. The van der Waals surface area contributed by atoms with Gasteiger partial charge in [0, 0.05) is 34.6 Å². The van der Waals surface area contributed by atoms with E-state index in [0.29, 0.717) is 0 Å². The molecule has 0 aliphatic carbocycles. The van der Waals surface area contributed by atoms with Crippen molar-refractivity contribution in [2.45, 2.75) is 97.8 Å². The van der Waals surface area contributed by atoms with E-state index in [4.69, 9.17) is 33.2 Å². The maximum atomic E-state index is 11.1. The average molecular weight is 488 g/mol. The zero-order chi connectivity index (χ0) is 26.0. The topological polar surface area (TPSA) is 150 Å². The van der Waals surface area contributed by atoms with E-state index in [2.05, 4.69) is 0 Å². The first-order chi connectivity index (χ1) is 15.8. The van der Waals surface area contributed by atoms with Gasteiger partial charge in [-0.05, 0) is 19.9 Å². The Morgan fingerprint density at radius 1 is 0.676 bits per heavy atom. The highest BCUT2D eigenvalue weighted by atomic mass is 16.7. The summed E-state index contributed by atoms with van der Waals surface area (Å²) in [6, 6.07) is 0. The second kappa shape index (κ2) is 13.5. The summed E-state index contributed by atoms with van der Waals surface area (Å²) >= 11 is 0. The van der Waals surface area contributed by atoms with Gasteiger partial charge in [0.05, 0.1) is 18.8 Å². The van der Waals surface area contributed by atoms with Crippen molar-refractivity contribution >= 4 is 29.8 Å². The zero-order valence-corrected chi connectivity index (χ0v) is 20.3. The third kappa shape index (κ3) is 10.2. The Labute approximate surface area is 197 Å². The van der Waals surface area contributed by atoms with Crippen LogP contribution in [0, 0.1) is 0 Å². The van der Waals surface area contributed by atoms with Crippen LogP contribution in [0.15, 0.2) is 12.3 Å². The maximum absolute atomic E-state index is 11.1. The highest BCUT2D eigenvalue weighted by molar-refractivity contribution is 5.68. The SMILES string of the molecule is CC(=O)O[C@@H]1[C@H](C)OC=C[C@@H]1OC(C)=O.CC(=O)O[C@H]1C[C@H](OC(C)=O)[C@H](OC(C)=O)[C@H](C)O1. The summed E-state index contributed by atoms with van der Waals surface area (Å²) in [5.74, 6) is -2.34. The monoisotopic (exact) mass is 488 g/mol. The van der Waals surface area contributed by atoms with Crippen molar-refractivity contribution < 1.29 is 57.1 Å². The predicted molar refractivity (Wildman–Crippen MR) is 113 cm³/mol. The largest absolute Gasteiger partial charge is 0.494 e. The molecule has 34 heavy (non-hydrogen) atoms. The lowest BCUT2D eigenvalue weighted by atomic mass is 10.0. The van der Waals surface area contributed by atoms with Gasteiger partial charge in [0.1, 0.15) is 12.2 Å². The van der Waals surface area contributed by atoms with Crippen molar-refractivity contribution in [2.24, 2.45) is 0 Å². The van der Waals surface area contributed by atoms with E-state index in [1.807, 2.05) is 0 Å². The predicted octanol–water partition coefficient (Wildman–Crippen LogP) is 1.33. The van der Waals surface area contributed by atoms with E-state index in [-0.39, 0.29) is 12.5 Å². The zero-order valence-electron chi connectivity index (χ0n) is 20.3. The van der Waals surface area contributed by atoms with Gasteiger partial charge >= 0.3 is 29.8 Å². The molecule has 7 atom stereocenters. The highest BCUT2D eigenvalue weighted by Crippen LogP contribution is 2.26. The summed E-state index contributed by atoms with van der Waals surface area (Å²) in [4.78, 5) is 54.7. The van der Waals surface area contributed by atoms with E-state index in [1.54, 1.807) is 19.9 Å². The standard InChI is InChI=1S/C12H18O7.C10H14O5/c1-6-12(19-9(4)15)10(17-7(2)13)5-11(16-6)18-8(3)14;1-6-10(15-8(3)12)9(4-5-13-6)14-7(2)11/h6,10-12H,5H2,1-4H3;4-6,9-10H,1-3H3/t6-,10-,11-,12+;6-,9-,10+/m00/s1. The number of esters is 5. The first kappa shape index (κ1) is 28.9. The number of carbonyl (C=O) groups is 5. The van der Waals surface area contributed by atoms with Crippen LogP contribution in [0.5, 0.6) is 0 Å². The van der Waals surface area contributed by atoms with Crippen LogP contribution in [0.25, 0.3) is 0 Å². The van der Waals surface area contributed by atoms with Crippen LogP contribution in [-0.2, 0) is 57.1 Å². The number of hydrogen-bond donors (Lipinski definition) is 0. The lowest BCUT2D eigenvalue weighted by Gasteiger charge is -2.38. The molecule has 1 fully saturated rings. The summed E-state index contributed by atoms with van der Waals surface area (Å²) < 4.78 is 35.7. The molecule has 12 nitrogen and oxygen atoms in total. The highest BCUT2D eigenvalue weighted by Gasteiger charge is 2.42. The van der Waals surface area contributed by atoms with Gasteiger partial charge in [-0.15, -0.1) is 0 Å². The van der Waals surface area contributed by atoms with E-state index in [0.717, 1.165) is 0 Å². The molecule has 192 valence electrons. The van der Waals surface area contributed by atoms with Gasteiger partial charge in [-0.1, -0.05) is 0 Å². The van der Waals surface area contributed by atoms with Crippen molar-refractivity contribution in [3.8, 4) is 0 Å². The average Bonchev–Trinajstić information content (AvgIpc) is 2.66. The van der Waals surface area contributed by atoms with Crippen molar-refractivity contribution in [3.63, 3.8) is 0 Å². The molecule has 2 heterocycles. The van der Waals surface area contributed by atoms with Gasteiger partial charge in [0.2, 0.25) is 6.29 Å². The second-order valence-corrected chi connectivity index (χ2v) is 7.66. The fourth-order valence-electron chi connectivity index (χ4n) is 3.30. The molecular weight excluding hydrogens is 456 g/mol. The Balaban J connectivity index is 0.000000350. The number of rotatable bonds is 5. The first-order valence-electron chi connectivity index (χ1n) is 10.6. The van der Waals surface area contributed by atoms with Crippen LogP contribution in [0.1, 0.15) is 54.9 Å². The molecule has 2 rings (SSSR count). The second-order valence-electron chi connectivity index (χ2n) is 7.66. The number of hydrogen-bond acceptors (Lipinski definition) is 12. The molecule has 0 aromatic heterocycles. The minimum absolute atomic E-state index is 0.126. The molecule has 0 aromatic carbocycles. The Kier molecular flexibility index (Phi) is 11.5. The summed E-state index contributed by atoms with van der Waals surface area (Å²) in [5.41, 5.74) is 0. The molecule has 0 aromatic rings. The Bertz CT molecular complexity index is 776. The van der Waals surface area contributed by atoms with Crippen LogP contribution in [-0.4, -0.2) is 72.8 Å². The van der Waals surface area contributed by atoms with Gasteiger partial charge in [-0.2, -0.15) is 0 Å². The van der Waals surface area contributed by atoms with E-state index >= 15 is 0 Å². The lowest BCUT2D eigenvalue weighted by Crippen LogP contribution is -2.51. The van der Waals surface area contributed by atoms with E-state index in [1.165, 1.54) is 40.9 Å². The minimum Gasteiger partial charge on any atom is -0.494 e. The summed E-state index contributed by atoms with van der Waals surface area (Å²) in [6.45, 7) is 9.77. The Morgan fingerprint density at radius 2 is 1.18 bits per heavy atom. The number of ether oxygens (including phenoxy) is 7. The van der Waals surface area contributed by atoms with Crippen molar-refractivity contribution in [1.29, 1.82) is 0 Å². The van der Waals surface area contributed by atoms with Gasteiger partial charge in [0.15, 0.2) is 18.3 Å². The van der Waals surface area contributed by atoms with Gasteiger partial charge in [-0.3, -0.25) is 24.0 Å². The quantitative estimate of drug-likeness (QED) is 0.406. The Morgan fingerprint density at radius 3 is 1.68 bits per heavy atom. The molecular formula is C22H32O12. The van der Waals surface area contributed by atoms with Gasteiger partial charge in [0.25, 0.3) is 0 Å². The molecule has 0 N–H and O–H groups in total. The minimum atomic E-state index is -0.816. The van der Waals surface area contributed by atoms with Crippen LogP contribution in [0.4, 0.5) is 0 Å². The van der Waals surface area contributed by atoms with E-state index < -0.39 is 66.7 Å². The molecule has 0 amide bonds. The number of carbonyl (C=O) groups excluding carboxylic acids is 5. The molecule has 0 spiro atoms. The van der Waals surface area contributed by atoms with Crippen molar-refractivity contribution in [2.75, 3.05) is 0 Å². The van der Waals surface area contributed by atoms with Crippen LogP contribution in [0.2, 0.25) is 0 Å². The normalized spacial score (nSPS) is 29.8. The fourth-order valence-corrected chi connectivity index (χ4v) is 3.30. The summed E-state index contributed by atoms with van der Waals surface area (Å²) in [6.07, 6.45) is -1.15. The molecule has 2 aliphatic heterocycles. The van der Waals surface area contributed by atoms with E-state index in [9.17, 15) is 24.0 Å². The molecule has 0 radical (unpaired) electrons. The summed E-state index contributed by atoms with van der Waals surface area (Å²) in [5, 5.41) is 0. The van der Waals surface area contributed by atoms with Crippen LogP contribution < -0.4 is 0 Å². The molecule has 0 unspecified atom stereocenters. The molecule has 0 bridgehead atoms. The van der Waals surface area contributed by atoms with Gasteiger partial charge < -0.3 is 33.2 Å². The van der Waals surface area contributed by atoms with Crippen molar-refractivity contribution in [3.05, 3.63) is 12.3 Å². The molecule has 12 heteroatoms. The van der Waals surface area contributed by atoms with Crippen LogP contribution in [0.3, 0.4) is 0 Å². The maximum Gasteiger partial charge on any atom is 0.304 e. The molecule has 0 saturated carbocycles. The Hall–Kier alpha value is -3.15. The smallest absolute Gasteiger partial charge is 0.304 e. The van der Waals surface area contributed by atoms with Gasteiger partial charge in [-0.25, -0.2) is 0 Å². The lowest BCUT2D eigenvalue weighted by molar-refractivity contribution is -0.250. The summed E-state index contributed by atoms with van der Waals surface area (Å²) in [7, 11) is 0. The van der Waals surface area contributed by atoms with Crippen molar-refractivity contribution in [1.82, 2.24) is 0 Å². The fraction of sp³-hybridized carbons (Fsp3) is 0.682.